The number of hydrogen-bond donors (Lipinski definition) is 1. The molecule has 1 rings (SSSR count). The summed E-state index contributed by atoms with van der Waals surface area (Å²) in [6.07, 6.45) is 1.23. The summed E-state index contributed by atoms with van der Waals surface area (Å²) in [7, 11) is 0. The third-order valence-corrected chi connectivity index (χ3v) is 2.52. The molecule has 1 aliphatic rings. The molecule has 1 aliphatic heterocycles. The van der Waals surface area contributed by atoms with Crippen LogP contribution in [0.5, 0.6) is 0 Å². The molecule has 2 atom stereocenters. The summed E-state index contributed by atoms with van der Waals surface area (Å²) in [6, 6.07) is 0.620. The quantitative estimate of drug-likeness (QED) is 0.694. The maximum atomic E-state index is 5.35. The predicted octanol–water partition coefficient (Wildman–Crippen LogP) is 1.66. The van der Waals surface area contributed by atoms with Crippen LogP contribution < -0.4 is 5.32 Å². The first-order valence-electron chi connectivity index (χ1n) is 5.01. The summed E-state index contributed by atoms with van der Waals surface area (Å²) in [5, 5.41) is 3.54. The molecular weight excluding hydrogens is 150 g/mol. The minimum absolute atomic E-state index is 0.620. The molecule has 1 fully saturated rings. The van der Waals surface area contributed by atoms with Gasteiger partial charge in [-0.25, -0.2) is 0 Å². The minimum atomic E-state index is 0.620. The lowest BCUT2D eigenvalue weighted by molar-refractivity contribution is 0.178. The maximum Gasteiger partial charge on any atom is 0.0509 e. The molecule has 2 nitrogen and oxygen atoms in total. The van der Waals surface area contributed by atoms with Crippen molar-refractivity contribution in [3.8, 4) is 0 Å². The largest absolute Gasteiger partial charge is 0.381 e. The normalized spacial score (nSPS) is 26.5. The molecule has 0 aromatic carbocycles. The highest BCUT2D eigenvalue weighted by molar-refractivity contribution is 4.75. The van der Waals surface area contributed by atoms with Crippen LogP contribution in [0.15, 0.2) is 0 Å². The van der Waals surface area contributed by atoms with E-state index >= 15 is 0 Å². The van der Waals surface area contributed by atoms with Gasteiger partial charge in [-0.15, -0.1) is 0 Å². The van der Waals surface area contributed by atoms with Crippen LogP contribution in [0.3, 0.4) is 0 Å². The lowest BCUT2D eigenvalue weighted by Crippen LogP contribution is -2.36. The topological polar surface area (TPSA) is 21.3 Å². The van der Waals surface area contributed by atoms with Gasteiger partial charge in [0.2, 0.25) is 0 Å². The fraction of sp³-hybridized carbons (Fsp3) is 1.00. The first-order chi connectivity index (χ1) is 5.70. The van der Waals surface area contributed by atoms with Crippen LogP contribution in [0.4, 0.5) is 0 Å². The van der Waals surface area contributed by atoms with Gasteiger partial charge in [-0.1, -0.05) is 13.8 Å². The smallest absolute Gasteiger partial charge is 0.0509 e. The van der Waals surface area contributed by atoms with E-state index in [0.717, 1.165) is 31.6 Å². The molecule has 0 spiro atoms. The van der Waals surface area contributed by atoms with Gasteiger partial charge < -0.3 is 10.1 Å². The molecule has 72 valence electrons. The zero-order valence-corrected chi connectivity index (χ0v) is 8.47. The van der Waals surface area contributed by atoms with E-state index in [1.165, 1.54) is 6.42 Å². The van der Waals surface area contributed by atoms with Gasteiger partial charge in [0, 0.05) is 12.6 Å². The van der Waals surface area contributed by atoms with Crippen molar-refractivity contribution < 1.29 is 4.74 Å². The molecule has 0 aliphatic carbocycles. The Morgan fingerprint density at radius 3 is 2.67 bits per heavy atom. The van der Waals surface area contributed by atoms with Crippen LogP contribution in [0.2, 0.25) is 0 Å². The molecule has 0 amide bonds. The van der Waals surface area contributed by atoms with Crippen molar-refractivity contribution in [3.05, 3.63) is 0 Å². The maximum absolute atomic E-state index is 5.35. The third-order valence-electron chi connectivity index (χ3n) is 2.52. The van der Waals surface area contributed by atoms with E-state index in [1.54, 1.807) is 0 Å². The van der Waals surface area contributed by atoms with E-state index in [0.29, 0.717) is 6.04 Å². The van der Waals surface area contributed by atoms with Gasteiger partial charge in [0.1, 0.15) is 0 Å². The van der Waals surface area contributed by atoms with Crippen LogP contribution in [0.25, 0.3) is 0 Å². The molecule has 2 heteroatoms. The fourth-order valence-electron chi connectivity index (χ4n) is 1.54. The predicted molar refractivity (Wildman–Crippen MR) is 51.2 cm³/mol. The van der Waals surface area contributed by atoms with E-state index in [1.807, 2.05) is 0 Å². The second-order valence-electron chi connectivity index (χ2n) is 4.21. The van der Waals surface area contributed by atoms with Gasteiger partial charge in [-0.3, -0.25) is 0 Å². The molecule has 0 saturated carbocycles. The summed E-state index contributed by atoms with van der Waals surface area (Å²) < 4.78 is 5.35. The summed E-state index contributed by atoms with van der Waals surface area (Å²) in [5.41, 5.74) is 0. The van der Waals surface area contributed by atoms with Crippen molar-refractivity contribution in [2.45, 2.75) is 33.2 Å². The summed E-state index contributed by atoms with van der Waals surface area (Å²) >= 11 is 0. The van der Waals surface area contributed by atoms with E-state index in [2.05, 4.69) is 26.1 Å². The van der Waals surface area contributed by atoms with E-state index in [4.69, 9.17) is 4.74 Å². The van der Waals surface area contributed by atoms with Crippen molar-refractivity contribution >= 4 is 0 Å². The molecule has 1 saturated heterocycles. The van der Waals surface area contributed by atoms with Crippen LogP contribution >= 0.6 is 0 Å². The van der Waals surface area contributed by atoms with Gasteiger partial charge in [-0.2, -0.15) is 0 Å². The lowest BCUT2D eigenvalue weighted by Gasteiger charge is -2.20. The van der Waals surface area contributed by atoms with Gasteiger partial charge in [-0.05, 0) is 31.7 Å². The number of rotatable bonds is 4. The Morgan fingerprint density at radius 1 is 1.42 bits per heavy atom. The van der Waals surface area contributed by atoms with E-state index in [9.17, 15) is 0 Å². The first-order valence-corrected chi connectivity index (χ1v) is 5.01. The second kappa shape index (κ2) is 4.83. The van der Waals surface area contributed by atoms with E-state index < -0.39 is 0 Å². The van der Waals surface area contributed by atoms with Gasteiger partial charge >= 0.3 is 0 Å². The third kappa shape index (κ3) is 3.11. The molecule has 1 N–H and O–H groups in total. The molecule has 0 radical (unpaired) electrons. The van der Waals surface area contributed by atoms with Crippen LogP contribution in [0.1, 0.15) is 27.2 Å². The van der Waals surface area contributed by atoms with Crippen molar-refractivity contribution in [1.82, 2.24) is 5.32 Å². The first kappa shape index (κ1) is 10.0. The zero-order valence-electron chi connectivity index (χ0n) is 8.47. The van der Waals surface area contributed by atoms with Crippen molar-refractivity contribution in [2.24, 2.45) is 11.8 Å². The monoisotopic (exact) mass is 171 g/mol. The summed E-state index contributed by atoms with van der Waals surface area (Å²) in [5.74, 6) is 1.48. The number of ether oxygens (including phenoxy) is 1. The van der Waals surface area contributed by atoms with Gasteiger partial charge in [0.15, 0.2) is 0 Å². The highest BCUT2D eigenvalue weighted by Gasteiger charge is 2.21. The Kier molecular flexibility index (Phi) is 4.02. The van der Waals surface area contributed by atoms with Crippen molar-refractivity contribution in [1.29, 1.82) is 0 Å². The molecule has 2 unspecified atom stereocenters. The molecule has 0 bridgehead atoms. The average Bonchev–Trinajstić information content (AvgIpc) is 2.51. The SMILES string of the molecule is CC(C)CNC(C)C1CCOC1. The lowest BCUT2D eigenvalue weighted by atomic mass is 10.0. The van der Waals surface area contributed by atoms with Crippen molar-refractivity contribution in [2.75, 3.05) is 19.8 Å². The molecule has 0 aromatic heterocycles. The minimum Gasteiger partial charge on any atom is -0.381 e. The summed E-state index contributed by atoms with van der Waals surface area (Å²) in [6.45, 7) is 9.78. The molecule has 12 heavy (non-hydrogen) atoms. The highest BCUT2D eigenvalue weighted by Crippen LogP contribution is 2.16. The standard InChI is InChI=1S/C10H21NO/c1-8(2)6-11-9(3)10-4-5-12-7-10/h8-11H,4-7H2,1-3H3. The fourth-order valence-corrected chi connectivity index (χ4v) is 1.54. The Balaban J connectivity index is 2.13. The Labute approximate surface area is 75.7 Å². The number of hydrogen-bond acceptors (Lipinski definition) is 2. The van der Waals surface area contributed by atoms with Crippen molar-refractivity contribution in [3.63, 3.8) is 0 Å². The Morgan fingerprint density at radius 2 is 2.17 bits per heavy atom. The zero-order chi connectivity index (χ0) is 8.97. The molecule has 0 aromatic rings. The van der Waals surface area contributed by atoms with Crippen LogP contribution in [0, 0.1) is 11.8 Å². The van der Waals surface area contributed by atoms with E-state index in [-0.39, 0.29) is 0 Å². The Bertz CT molecular complexity index is 119. The van der Waals surface area contributed by atoms with Crippen LogP contribution in [-0.2, 0) is 4.74 Å². The van der Waals surface area contributed by atoms with Gasteiger partial charge in [0.05, 0.1) is 6.61 Å². The van der Waals surface area contributed by atoms with Crippen LogP contribution in [-0.4, -0.2) is 25.8 Å². The van der Waals surface area contributed by atoms with Gasteiger partial charge in [0.25, 0.3) is 0 Å². The highest BCUT2D eigenvalue weighted by atomic mass is 16.5. The second-order valence-corrected chi connectivity index (χ2v) is 4.21. The average molecular weight is 171 g/mol. The summed E-state index contributed by atoms with van der Waals surface area (Å²) in [4.78, 5) is 0. The number of nitrogens with one attached hydrogen (secondary N) is 1. The Hall–Kier alpha value is -0.0800. The molecule has 1 heterocycles. The molecular formula is C10H21NO.